The van der Waals surface area contributed by atoms with Crippen LogP contribution in [0.5, 0.6) is 0 Å². The molecule has 1 amide bonds. The Balaban J connectivity index is 1.73. The molecule has 15 nitrogen and oxygen atoms in total. The largest absolute Gasteiger partial charge is 0.456 e. The van der Waals surface area contributed by atoms with Crippen LogP contribution in [0.15, 0.2) is 22.1 Å². The van der Waals surface area contributed by atoms with Crippen LogP contribution in [0.2, 0.25) is 0 Å². The van der Waals surface area contributed by atoms with Crippen LogP contribution in [0.1, 0.15) is 40.8 Å². The Morgan fingerprint density at radius 1 is 1.20 bits per heavy atom. The van der Waals surface area contributed by atoms with Gasteiger partial charge in [-0.3, -0.25) is 19.7 Å². The number of amides is 1. The summed E-state index contributed by atoms with van der Waals surface area (Å²) in [4.78, 5) is 57.3. The molecule has 2 aliphatic heterocycles. The summed E-state index contributed by atoms with van der Waals surface area (Å²) in [6, 6.07) is 1.06. The van der Waals surface area contributed by atoms with Crippen LogP contribution in [-0.2, 0) is 28.5 Å². The average molecular weight is 562 g/mol. The van der Waals surface area contributed by atoms with Gasteiger partial charge in [-0.1, -0.05) is 27.7 Å². The van der Waals surface area contributed by atoms with E-state index >= 15 is 0 Å². The van der Waals surface area contributed by atoms with Gasteiger partial charge in [0.15, 0.2) is 12.3 Å². The van der Waals surface area contributed by atoms with E-state index in [1.807, 2.05) is 0 Å². The molecule has 0 unspecified atom stereocenters. The van der Waals surface area contributed by atoms with Crippen LogP contribution in [0, 0.1) is 11.8 Å². The first-order valence-electron chi connectivity index (χ1n) is 12.5. The predicted octanol–water partition coefficient (Wildman–Crippen LogP) is 1.40. The number of aromatic nitrogens is 2. The summed E-state index contributed by atoms with van der Waals surface area (Å²) in [5.41, 5.74) is -2.55. The minimum Gasteiger partial charge on any atom is -0.456 e. The molecule has 4 heterocycles. The first-order chi connectivity index (χ1) is 18.8. The second kappa shape index (κ2) is 11.2. The van der Waals surface area contributed by atoms with Gasteiger partial charge in [0.2, 0.25) is 6.79 Å². The van der Waals surface area contributed by atoms with Crippen molar-refractivity contribution in [2.24, 2.45) is 16.8 Å². The van der Waals surface area contributed by atoms with E-state index in [1.165, 1.54) is 24.0 Å². The van der Waals surface area contributed by atoms with Gasteiger partial charge in [0, 0.05) is 17.6 Å². The van der Waals surface area contributed by atoms with Crippen molar-refractivity contribution in [1.29, 1.82) is 0 Å². The van der Waals surface area contributed by atoms with Crippen molar-refractivity contribution >= 4 is 52.5 Å². The lowest BCUT2D eigenvalue weighted by atomic mass is 9.96. The Bertz CT molecular complexity index is 1420. The number of hydrogen-bond donors (Lipinski definition) is 4. The van der Waals surface area contributed by atoms with Crippen molar-refractivity contribution in [1.82, 2.24) is 9.55 Å². The highest BCUT2D eigenvalue weighted by Gasteiger charge is 2.56. The van der Waals surface area contributed by atoms with Crippen LogP contribution in [0.25, 0.3) is 10.8 Å². The molecule has 40 heavy (non-hydrogen) atoms. The fraction of sp³-hybridized carbons (Fsp3) is 0.520. The zero-order valence-corrected chi connectivity index (χ0v) is 22.5. The van der Waals surface area contributed by atoms with E-state index < -0.39 is 72.9 Å². The Morgan fingerprint density at radius 2 is 1.90 bits per heavy atom. The third-order valence-electron chi connectivity index (χ3n) is 6.37. The minimum absolute atomic E-state index is 0.0167. The molecule has 0 saturated carbocycles. The van der Waals surface area contributed by atoms with Crippen LogP contribution in [0.3, 0.4) is 0 Å². The number of nitrogens with one attached hydrogen (secondary N) is 2. The van der Waals surface area contributed by atoms with E-state index in [2.05, 4.69) is 20.6 Å². The number of nitrogens with zero attached hydrogens (tertiary/aromatic N) is 3. The van der Waals surface area contributed by atoms with Gasteiger partial charge >= 0.3 is 18.0 Å². The van der Waals surface area contributed by atoms with Crippen LogP contribution in [0.4, 0.5) is 22.1 Å². The SMILES string of the molecule is CC(C)C(=O)OCOC(=O)Nc1cc(=O)nc2c3c(n([C@@H]4O[C@H](CO)[C@@H](OC(=O)C(C)C)[C@]4(C)O)cc13)N=CN2. The summed E-state index contributed by atoms with van der Waals surface area (Å²) in [5.74, 6) is -1.73. The van der Waals surface area contributed by atoms with Crippen molar-refractivity contribution in [3.8, 4) is 0 Å². The second-order valence-electron chi connectivity index (χ2n) is 10.1. The number of hydrogen-bond acceptors (Lipinski definition) is 13. The number of aliphatic hydroxyl groups excluding tert-OH is 1. The quantitative estimate of drug-likeness (QED) is 0.267. The molecule has 2 aromatic rings. The van der Waals surface area contributed by atoms with Gasteiger partial charge in [-0.15, -0.1) is 0 Å². The summed E-state index contributed by atoms with van der Waals surface area (Å²) >= 11 is 0. The third kappa shape index (κ3) is 5.48. The number of aliphatic imine (C=N–C) groups is 1. The Morgan fingerprint density at radius 3 is 2.55 bits per heavy atom. The standard InChI is InChI=1S/C25H31N5O10/c1-11(2)21(33)37-10-38-24(35)28-14-6-16(32)29-19-17-13(14)7-30(20(17)27-9-26-19)23-25(5,36)18(15(8-31)39-23)40-22(34)12(3)4/h6-7,9,11-12,15,18,23,31,36H,8,10H2,1-5H3,(H,28,35)(H,26,27,29,32)/t15-,18-,23-,25+/m1/s1. The fourth-order valence-electron chi connectivity index (χ4n) is 4.31. The number of esters is 2. The fourth-order valence-corrected chi connectivity index (χ4v) is 4.31. The highest BCUT2D eigenvalue weighted by molar-refractivity contribution is 6.12. The van der Waals surface area contributed by atoms with Crippen molar-refractivity contribution in [3.05, 3.63) is 22.6 Å². The first kappa shape index (κ1) is 28.9. The summed E-state index contributed by atoms with van der Waals surface area (Å²) in [6.07, 6.45) is -1.76. The molecule has 2 aromatic heterocycles. The van der Waals surface area contributed by atoms with Gasteiger partial charge < -0.3 is 39.0 Å². The topological polar surface area (TPSA) is 200 Å². The number of carbonyl (C=O) groups is 3. The highest BCUT2D eigenvalue weighted by atomic mass is 16.7. The second-order valence-corrected chi connectivity index (χ2v) is 10.1. The molecule has 4 atom stereocenters. The minimum atomic E-state index is -1.84. The molecule has 0 aromatic carbocycles. The van der Waals surface area contributed by atoms with E-state index in [-0.39, 0.29) is 22.7 Å². The molecule has 4 rings (SSSR count). The molecule has 15 heteroatoms. The molecular formula is C25H31N5O10. The van der Waals surface area contributed by atoms with Gasteiger partial charge in [-0.05, 0) is 6.92 Å². The molecule has 0 bridgehead atoms. The van der Waals surface area contributed by atoms with Crippen molar-refractivity contribution in [2.45, 2.75) is 58.7 Å². The normalized spacial score (nSPS) is 23.3. The third-order valence-corrected chi connectivity index (χ3v) is 6.37. The number of carbonyl (C=O) groups excluding carboxylic acids is 3. The van der Waals surface area contributed by atoms with Gasteiger partial charge in [0.05, 0.1) is 35.9 Å². The van der Waals surface area contributed by atoms with E-state index in [1.54, 1.807) is 27.7 Å². The highest BCUT2D eigenvalue weighted by Crippen LogP contribution is 2.46. The summed E-state index contributed by atoms with van der Waals surface area (Å²) in [6.45, 7) is 6.72. The lowest BCUT2D eigenvalue weighted by Crippen LogP contribution is -2.47. The maximum Gasteiger partial charge on any atom is 0.414 e. The lowest BCUT2D eigenvalue weighted by molar-refractivity contribution is -0.167. The van der Waals surface area contributed by atoms with E-state index in [9.17, 15) is 29.4 Å². The molecule has 4 N–H and O–H groups in total. The monoisotopic (exact) mass is 561 g/mol. The molecule has 216 valence electrons. The molecule has 1 saturated heterocycles. The first-order valence-corrected chi connectivity index (χ1v) is 12.5. The van der Waals surface area contributed by atoms with E-state index in [0.29, 0.717) is 5.39 Å². The summed E-state index contributed by atoms with van der Waals surface area (Å²) in [7, 11) is 0. The number of ether oxygens (including phenoxy) is 4. The van der Waals surface area contributed by atoms with E-state index in [4.69, 9.17) is 18.9 Å². The average Bonchev–Trinajstić information content (AvgIpc) is 3.33. The summed E-state index contributed by atoms with van der Waals surface area (Å²) < 4.78 is 22.7. The zero-order chi connectivity index (χ0) is 29.4. The van der Waals surface area contributed by atoms with Gasteiger partial charge in [0.25, 0.3) is 5.56 Å². The molecule has 2 aliphatic rings. The van der Waals surface area contributed by atoms with E-state index in [0.717, 1.165) is 6.07 Å². The van der Waals surface area contributed by atoms with Crippen molar-refractivity contribution < 1.29 is 43.5 Å². The Labute approximate surface area is 228 Å². The molecule has 0 aliphatic carbocycles. The van der Waals surface area contributed by atoms with Crippen molar-refractivity contribution in [2.75, 3.05) is 24.0 Å². The Hall–Kier alpha value is -4.08. The molecule has 0 spiro atoms. The van der Waals surface area contributed by atoms with Crippen LogP contribution in [-0.4, -0.2) is 75.3 Å². The number of anilines is 2. The van der Waals surface area contributed by atoms with Crippen LogP contribution < -0.4 is 16.2 Å². The molecular weight excluding hydrogens is 530 g/mol. The lowest BCUT2D eigenvalue weighted by Gasteiger charge is -2.31. The van der Waals surface area contributed by atoms with Crippen molar-refractivity contribution in [3.63, 3.8) is 0 Å². The summed E-state index contributed by atoms with van der Waals surface area (Å²) in [5, 5.41) is 27.3. The smallest absolute Gasteiger partial charge is 0.414 e. The predicted molar refractivity (Wildman–Crippen MR) is 140 cm³/mol. The van der Waals surface area contributed by atoms with Gasteiger partial charge in [0.1, 0.15) is 23.3 Å². The molecule has 1 fully saturated rings. The zero-order valence-electron chi connectivity index (χ0n) is 22.5. The Kier molecular flexibility index (Phi) is 8.09. The number of aliphatic hydroxyl groups is 2. The number of rotatable bonds is 8. The maximum atomic E-state index is 12.5. The van der Waals surface area contributed by atoms with Crippen LogP contribution >= 0.6 is 0 Å². The van der Waals surface area contributed by atoms with Gasteiger partial charge in [-0.2, -0.15) is 4.98 Å². The maximum absolute atomic E-state index is 12.5. The van der Waals surface area contributed by atoms with Gasteiger partial charge in [-0.25, -0.2) is 9.79 Å². The molecule has 0 radical (unpaired) electrons.